The van der Waals surface area contributed by atoms with Crippen LogP contribution in [0.15, 0.2) is 18.2 Å². The first-order valence-corrected chi connectivity index (χ1v) is 7.30. The van der Waals surface area contributed by atoms with Crippen LogP contribution in [0.2, 0.25) is 0 Å². The van der Waals surface area contributed by atoms with Crippen molar-refractivity contribution in [3.63, 3.8) is 0 Å². The summed E-state index contributed by atoms with van der Waals surface area (Å²) >= 11 is 0. The number of hydrogen-bond acceptors (Lipinski definition) is 4. The van der Waals surface area contributed by atoms with Crippen LogP contribution in [0.3, 0.4) is 0 Å². The lowest BCUT2D eigenvalue weighted by Crippen LogP contribution is -2.02. The Morgan fingerprint density at radius 3 is 2.00 bits per heavy atom. The summed E-state index contributed by atoms with van der Waals surface area (Å²) in [5, 5.41) is 11.6. The molecule has 0 N–H and O–H groups in total. The van der Waals surface area contributed by atoms with Gasteiger partial charge in [-0.15, -0.1) is 0 Å². The Hall–Kier alpha value is -2.56. The van der Waals surface area contributed by atoms with Crippen molar-refractivity contribution in [2.45, 2.75) is 27.7 Å². The van der Waals surface area contributed by atoms with Crippen LogP contribution in [-0.4, -0.2) is 19.1 Å². The van der Waals surface area contributed by atoms with Gasteiger partial charge in [0, 0.05) is 11.6 Å². The molecule has 0 saturated heterocycles. The van der Waals surface area contributed by atoms with Gasteiger partial charge in [-0.1, -0.05) is 12.1 Å². The van der Waals surface area contributed by atoms with Gasteiger partial charge in [-0.05, 0) is 49.9 Å². The highest BCUT2D eigenvalue weighted by atomic mass is 16.6. The Labute approximate surface area is 136 Å². The largest absolute Gasteiger partial charge is 0.496 e. The lowest BCUT2D eigenvalue weighted by molar-refractivity contribution is -0.384. The lowest BCUT2D eigenvalue weighted by atomic mass is 9.91. The molecule has 5 heteroatoms. The van der Waals surface area contributed by atoms with E-state index in [9.17, 15) is 10.1 Å². The third kappa shape index (κ3) is 2.74. The van der Waals surface area contributed by atoms with E-state index in [1.165, 1.54) is 0 Å². The summed E-state index contributed by atoms with van der Waals surface area (Å²) in [4.78, 5) is 11.2. The van der Waals surface area contributed by atoms with Crippen molar-refractivity contribution in [2.24, 2.45) is 0 Å². The van der Waals surface area contributed by atoms with Crippen LogP contribution in [0.5, 0.6) is 11.5 Å². The second kappa shape index (κ2) is 6.28. The summed E-state index contributed by atoms with van der Waals surface area (Å²) in [6, 6.07) is 5.38. The predicted octanol–water partition coefficient (Wildman–Crippen LogP) is 4.51. The predicted molar refractivity (Wildman–Crippen MR) is 90.6 cm³/mol. The van der Waals surface area contributed by atoms with E-state index < -0.39 is 0 Å². The summed E-state index contributed by atoms with van der Waals surface area (Å²) in [6.07, 6.45) is 0. The van der Waals surface area contributed by atoms with Crippen LogP contribution in [0, 0.1) is 37.8 Å². The van der Waals surface area contributed by atoms with Crippen LogP contribution in [0.4, 0.5) is 5.69 Å². The monoisotopic (exact) mass is 315 g/mol. The van der Waals surface area contributed by atoms with E-state index in [0.717, 1.165) is 33.6 Å². The first-order chi connectivity index (χ1) is 10.8. The highest BCUT2D eigenvalue weighted by molar-refractivity contribution is 5.83. The topological polar surface area (TPSA) is 61.6 Å². The number of nitro benzene ring substituents is 1. The van der Waals surface area contributed by atoms with Crippen LogP contribution in [0.1, 0.15) is 22.3 Å². The van der Waals surface area contributed by atoms with Crippen molar-refractivity contribution >= 4 is 5.69 Å². The summed E-state index contributed by atoms with van der Waals surface area (Å²) < 4.78 is 10.9. The number of ether oxygens (including phenoxy) is 2. The number of benzene rings is 2. The molecule has 0 spiro atoms. The Morgan fingerprint density at radius 1 is 0.913 bits per heavy atom. The van der Waals surface area contributed by atoms with Crippen LogP contribution in [-0.2, 0) is 0 Å². The Morgan fingerprint density at radius 2 is 1.48 bits per heavy atom. The molecule has 2 rings (SSSR count). The molecule has 0 radical (unpaired) electrons. The second-order valence-electron chi connectivity index (χ2n) is 5.59. The van der Waals surface area contributed by atoms with E-state index in [-0.39, 0.29) is 10.6 Å². The Balaban J connectivity index is 2.90. The Bertz CT molecular complexity index is 781. The van der Waals surface area contributed by atoms with Crippen LogP contribution in [0.25, 0.3) is 11.1 Å². The average molecular weight is 315 g/mol. The summed E-state index contributed by atoms with van der Waals surface area (Å²) in [5.41, 5.74) is 4.82. The fourth-order valence-corrected chi connectivity index (χ4v) is 3.15. The first-order valence-electron chi connectivity index (χ1n) is 7.30. The van der Waals surface area contributed by atoms with E-state index >= 15 is 0 Å². The van der Waals surface area contributed by atoms with E-state index in [1.807, 2.05) is 39.8 Å². The average Bonchev–Trinajstić information content (AvgIpc) is 2.49. The fourth-order valence-electron chi connectivity index (χ4n) is 3.15. The van der Waals surface area contributed by atoms with Gasteiger partial charge in [0.2, 0.25) is 0 Å². The van der Waals surface area contributed by atoms with E-state index in [2.05, 4.69) is 0 Å². The molecular weight excluding hydrogens is 294 g/mol. The molecule has 0 unspecified atom stereocenters. The molecule has 0 amide bonds. The molecular formula is C18H21NO4. The third-order valence-electron chi connectivity index (χ3n) is 4.16. The molecule has 0 saturated carbocycles. The molecule has 0 aliphatic carbocycles. The second-order valence-corrected chi connectivity index (χ2v) is 5.59. The summed E-state index contributed by atoms with van der Waals surface area (Å²) in [5.74, 6) is 1.42. The molecule has 0 heterocycles. The van der Waals surface area contributed by atoms with Crippen molar-refractivity contribution in [3.8, 4) is 22.6 Å². The zero-order valence-electron chi connectivity index (χ0n) is 14.3. The molecule has 0 bridgehead atoms. The number of methoxy groups -OCH3 is 2. The van der Waals surface area contributed by atoms with E-state index in [4.69, 9.17) is 9.47 Å². The minimum Gasteiger partial charge on any atom is -0.496 e. The highest BCUT2D eigenvalue weighted by Gasteiger charge is 2.25. The summed E-state index contributed by atoms with van der Waals surface area (Å²) in [6.45, 7) is 7.52. The van der Waals surface area contributed by atoms with Gasteiger partial charge in [0.15, 0.2) is 0 Å². The van der Waals surface area contributed by atoms with Crippen molar-refractivity contribution in [1.82, 2.24) is 0 Å². The number of nitrogens with zero attached hydrogens (tertiary/aromatic N) is 1. The van der Waals surface area contributed by atoms with Gasteiger partial charge in [0.25, 0.3) is 5.69 Å². The van der Waals surface area contributed by atoms with Gasteiger partial charge >= 0.3 is 0 Å². The maximum Gasteiger partial charge on any atom is 0.278 e. The standard InChI is InChI=1S/C18H21NO4/c1-10-7-8-14(12(3)17(10)22-5)16-13(4)18(23-6)11(2)9-15(16)19(20)21/h7-9H,1-6H3. The third-order valence-corrected chi connectivity index (χ3v) is 4.16. The van der Waals surface area contributed by atoms with Crippen molar-refractivity contribution in [3.05, 3.63) is 50.6 Å². The quantitative estimate of drug-likeness (QED) is 0.615. The Kier molecular flexibility index (Phi) is 4.59. The molecule has 23 heavy (non-hydrogen) atoms. The molecule has 2 aromatic carbocycles. The summed E-state index contributed by atoms with van der Waals surface area (Å²) in [7, 11) is 3.18. The molecule has 2 aromatic rings. The lowest BCUT2D eigenvalue weighted by Gasteiger charge is -2.18. The maximum absolute atomic E-state index is 11.6. The fraction of sp³-hybridized carbons (Fsp3) is 0.333. The van der Waals surface area contributed by atoms with Gasteiger partial charge in [-0.3, -0.25) is 10.1 Å². The minimum absolute atomic E-state index is 0.0785. The van der Waals surface area contributed by atoms with Crippen molar-refractivity contribution in [1.29, 1.82) is 0 Å². The minimum atomic E-state index is -0.347. The van der Waals surface area contributed by atoms with Gasteiger partial charge in [-0.2, -0.15) is 0 Å². The number of rotatable bonds is 4. The zero-order chi connectivity index (χ0) is 17.3. The van der Waals surface area contributed by atoms with Gasteiger partial charge in [-0.25, -0.2) is 0 Å². The molecule has 0 fully saturated rings. The molecule has 0 aliphatic rings. The number of aryl methyl sites for hydroxylation is 2. The van der Waals surface area contributed by atoms with E-state index in [1.54, 1.807) is 20.3 Å². The van der Waals surface area contributed by atoms with Gasteiger partial charge in [0.1, 0.15) is 11.5 Å². The molecule has 0 atom stereocenters. The first kappa shape index (κ1) is 16.8. The maximum atomic E-state index is 11.6. The SMILES string of the molecule is COc1c(C)ccc(-c2c([N+](=O)[O-])cc(C)c(OC)c2C)c1C. The number of hydrogen-bond donors (Lipinski definition) is 0. The van der Waals surface area contributed by atoms with Crippen LogP contribution < -0.4 is 9.47 Å². The van der Waals surface area contributed by atoms with Gasteiger partial charge in [0.05, 0.1) is 24.7 Å². The van der Waals surface area contributed by atoms with Gasteiger partial charge < -0.3 is 9.47 Å². The van der Waals surface area contributed by atoms with Crippen molar-refractivity contribution < 1.29 is 14.4 Å². The van der Waals surface area contributed by atoms with Crippen LogP contribution >= 0.6 is 0 Å². The molecule has 5 nitrogen and oxygen atoms in total. The molecule has 0 aliphatic heterocycles. The zero-order valence-corrected chi connectivity index (χ0v) is 14.3. The van der Waals surface area contributed by atoms with Crippen molar-refractivity contribution in [2.75, 3.05) is 14.2 Å². The normalized spacial score (nSPS) is 10.5. The van der Waals surface area contributed by atoms with E-state index in [0.29, 0.717) is 11.3 Å². The smallest absolute Gasteiger partial charge is 0.278 e. The number of nitro groups is 1. The molecule has 122 valence electrons. The molecule has 0 aromatic heterocycles. The highest BCUT2D eigenvalue weighted by Crippen LogP contribution is 2.43.